The number of hydrogen-bond acceptors (Lipinski definition) is 2. The van der Waals surface area contributed by atoms with Crippen LogP contribution in [0.4, 0.5) is 0 Å². The van der Waals surface area contributed by atoms with E-state index in [2.05, 4.69) is 4.98 Å². The van der Waals surface area contributed by atoms with E-state index in [4.69, 9.17) is 23.2 Å². The predicted octanol–water partition coefficient (Wildman–Crippen LogP) is 2.11. The number of pyridine rings is 1. The first kappa shape index (κ1) is 7.51. The lowest BCUT2D eigenvalue weighted by molar-refractivity contribution is 0.108. The molecule has 1 aromatic heterocycles. The normalized spacial score (nSPS) is 9.40. The molecule has 0 bridgehead atoms. The highest BCUT2D eigenvalue weighted by Crippen LogP contribution is 2.09. The van der Waals surface area contributed by atoms with Crippen molar-refractivity contribution in [3.8, 4) is 0 Å². The minimum Gasteiger partial charge on any atom is -0.276 e. The number of rotatable bonds is 1. The summed E-state index contributed by atoms with van der Waals surface area (Å²) in [5.41, 5.74) is 0.314. The van der Waals surface area contributed by atoms with Gasteiger partial charge in [0.05, 0.1) is 10.6 Å². The summed E-state index contributed by atoms with van der Waals surface area (Å²) < 4.78 is 0. The van der Waals surface area contributed by atoms with Crippen LogP contribution in [-0.4, -0.2) is 10.2 Å². The van der Waals surface area contributed by atoms with Crippen LogP contribution in [0, 0.1) is 0 Å². The highest BCUT2D eigenvalue weighted by molar-refractivity contribution is 6.67. The molecule has 2 nitrogen and oxygen atoms in total. The minimum absolute atomic E-state index is 0.314. The average Bonchev–Trinajstić information content (AvgIpc) is 1.88. The Morgan fingerprint density at radius 3 is 2.60 bits per heavy atom. The minimum atomic E-state index is -0.546. The highest BCUT2D eigenvalue weighted by atomic mass is 35.5. The Labute approximate surface area is 67.8 Å². The van der Waals surface area contributed by atoms with Crippen LogP contribution in [0.25, 0.3) is 0 Å². The number of halogens is 2. The maximum Gasteiger partial charge on any atom is 0.253 e. The third-order valence-electron chi connectivity index (χ3n) is 0.932. The Hall–Kier alpha value is -0.600. The molecule has 10 heavy (non-hydrogen) atoms. The van der Waals surface area contributed by atoms with Gasteiger partial charge >= 0.3 is 0 Å². The van der Waals surface area contributed by atoms with Crippen molar-refractivity contribution in [2.24, 2.45) is 0 Å². The molecule has 52 valence electrons. The molecule has 0 saturated heterocycles. The zero-order valence-corrected chi connectivity index (χ0v) is 6.36. The molecule has 0 unspecified atom stereocenters. The fraction of sp³-hybridized carbons (Fsp3) is 0. The molecule has 0 radical (unpaired) electrons. The van der Waals surface area contributed by atoms with Gasteiger partial charge in [0.15, 0.2) is 0 Å². The smallest absolute Gasteiger partial charge is 0.253 e. The summed E-state index contributed by atoms with van der Waals surface area (Å²) in [6.07, 6.45) is 2.80. The average molecular weight is 176 g/mol. The summed E-state index contributed by atoms with van der Waals surface area (Å²) in [7, 11) is 0. The van der Waals surface area contributed by atoms with Crippen LogP contribution in [0.1, 0.15) is 10.4 Å². The quantitative estimate of drug-likeness (QED) is 0.613. The van der Waals surface area contributed by atoms with E-state index in [0.29, 0.717) is 10.6 Å². The summed E-state index contributed by atoms with van der Waals surface area (Å²) in [5.74, 6) is 0. The molecule has 1 rings (SSSR count). The number of carbonyl (C=O) groups is 1. The van der Waals surface area contributed by atoms with Crippen molar-refractivity contribution < 1.29 is 4.79 Å². The first-order valence-corrected chi connectivity index (χ1v) is 3.26. The standard InChI is InChI=1S/C6H3Cl2NO/c7-5-1-4(6(8)10)2-9-3-5/h1-3H. The molecule has 1 aromatic rings. The molecular formula is C6H3Cl2NO. The number of nitrogens with zero attached hydrogens (tertiary/aromatic N) is 1. The van der Waals surface area contributed by atoms with Crippen molar-refractivity contribution in [3.63, 3.8) is 0 Å². The van der Waals surface area contributed by atoms with Gasteiger partial charge in [-0.05, 0) is 17.7 Å². The maximum atomic E-state index is 10.5. The number of hydrogen-bond donors (Lipinski definition) is 0. The lowest BCUT2D eigenvalue weighted by Crippen LogP contribution is -1.88. The van der Waals surface area contributed by atoms with E-state index in [1.807, 2.05) is 0 Å². The van der Waals surface area contributed by atoms with Crippen LogP contribution in [0.3, 0.4) is 0 Å². The SMILES string of the molecule is O=C(Cl)c1cncc(Cl)c1. The Bertz CT molecular complexity index is 262. The summed E-state index contributed by atoms with van der Waals surface area (Å²) in [6.45, 7) is 0. The van der Waals surface area contributed by atoms with Gasteiger partial charge in [-0.1, -0.05) is 11.6 Å². The molecule has 0 saturated carbocycles. The Balaban J connectivity index is 3.07. The topological polar surface area (TPSA) is 30.0 Å². The van der Waals surface area contributed by atoms with Crippen LogP contribution in [0.5, 0.6) is 0 Å². The predicted molar refractivity (Wildman–Crippen MR) is 39.4 cm³/mol. The summed E-state index contributed by atoms with van der Waals surface area (Å²) in [6, 6.07) is 1.46. The van der Waals surface area contributed by atoms with E-state index in [-0.39, 0.29) is 0 Å². The van der Waals surface area contributed by atoms with Gasteiger partial charge in [0.1, 0.15) is 0 Å². The third-order valence-corrected chi connectivity index (χ3v) is 1.36. The molecule has 1 heterocycles. The Kier molecular flexibility index (Phi) is 2.25. The molecule has 0 atom stereocenters. The Morgan fingerprint density at radius 1 is 1.50 bits per heavy atom. The Morgan fingerprint density at radius 2 is 2.20 bits per heavy atom. The number of carbonyl (C=O) groups excluding carboxylic acids is 1. The van der Waals surface area contributed by atoms with Gasteiger partial charge < -0.3 is 0 Å². The fourth-order valence-electron chi connectivity index (χ4n) is 0.519. The summed E-state index contributed by atoms with van der Waals surface area (Å²) >= 11 is 10.7. The van der Waals surface area contributed by atoms with Crippen molar-refractivity contribution in [3.05, 3.63) is 29.0 Å². The molecule has 0 amide bonds. The van der Waals surface area contributed by atoms with Crippen LogP contribution in [0.2, 0.25) is 5.02 Å². The monoisotopic (exact) mass is 175 g/mol. The molecule has 0 N–H and O–H groups in total. The van der Waals surface area contributed by atoms with Gasteiger partial charge in [-0.25, -0.2) is 0 Å². The van der Waals surface area contributed by atoms with E-state index < -0.39 is 5.24 Å². The van der Waals surface area contributed by atoms with Crippen molar-refractivity contribution in [1.82, 2.24) is 4.98 Å². The van der Waals surface area contributed by atoms with Crippen LogP contribution < -0.4 is 0 Å². The highest BCUT2D eigenvalue weighted by Gasteiger charge is 2.00. The summed E-state index contributed by atoms with van der Waals surface area (Å²) in [4.78, 5) is 14.1. The van der Waals surface area contributed by atoms with Crippen LogP contribution in [-0.2, 0) is 0 Å². The third kappa shape index (κ3) is 1.69. The van der Waals surface area contributed by atoms with Gasteiger partial charge in [-0.3, -0.25) is 9.78 Å². The molecule has 0 aliphatic rings. The zero-order valence-electron chi connectivity index (χ0n) is 4.84. The van der Waals surface area contributed by atoms with E-state index in [1.54, 1.807) is 0 Å². The van der Waals surface area contributed by atoms with E-state index >= 15 is 0 Å². The molecular weight excluding hydrogens is 173 g/mol. The fourth-order valence-corrected chi connectivity index (χ4v) is 0.797. The van der Waals surface area contributed by atoms with Crippen LogP contribution in [0.15, 0.2) is 18.5 Å². The van der Waals surface area contributed by atoms with E-state index in [9.17, 15) is 4.79 Å². The van der Waals surface area contributed by atoms with Crippen molar-refractivity contribution in [2.45, 2.75) is 0 Å². The molecule has 0 aliphatic carbocycles. The van der Waals surface area contributed by atoms with Crippen molar-refractivity contribution in [1.29, 1.82) is 0 Å². The van der Waals surface area contributed by atoms with Gasteiger partial charge in [-0.2, -0.15) is 0 Å². The molecule has 0 spiro atoms. The second-order valence-corrected chi connectivity index (χ2v) is 2.45. The lowest BCUT2D eigenvalue weighted by atomic mass is 10.3. The van der Waals surface area contributed by atoms with Gasteiger partial charge in [0, 0.05) is 12.4 Å². The van der Waals surface area contributed by atoms with E-state index in [0.717, 1.165) is 0 Å². The maximum absolute atomic E-state index is 10.5. The largest absolute Gasteiger partial charge is 0.276 e. The molecule has 4 heteroatoms. The van der Waals surface area contributed by atoms with Crippen molar-refractivity contribution >= 4 is 28.4 Å². The van der Waals surface area contributed by atoms with Crippen molar-refractivity contribution in [2.75, 3.05) is 0 Å². The second-order valence-electron chi connectivity index (χ2n) is 1.67. The first-order chi connectivity index (χ1) is 4.70. The first-order valence-electron chi connectivity index (χ1n) is 2.50. The van der Waals surface area contributed by atoms with Crippen LogP contribution >= 0.6 is 23.2 Å². The number of aromatic nitrogens is 1. The van der Waals surface area contributed by atoms with Gasteiger partial charge in [0.25, 0.3) is 5.24 Å². The molecule has 0 aromatic carbocycles. The lowest BCUT2D eigenvalue weighted by Gasteiger charge is -1.90. The molecule has 0 fully saturated rings. The zero-order chi connectivity index (χ0) is 7.56. The van der Waals surface area contributed by atoms with Gasteiger partial charge in [-0.15, -0.1) is 0 Å². The molecule has 0 aliphatic heterocycles. The van der Waals surface area contributed by atoms with E-state index in [1.165, 1.54) is 18.5 Å². The second kappa shape index (κ2) is 2.99. The van der Waals surface area contributed by atoms with Gasteiger partial charge in [0.2, 0.25) is 0 Å². The summed E-state index contributed by atoms with van der Waals surface area (Å²) in [5, 5.41) is -0.137.